The lowest BCUT2D eigenvalue weighted by molar-refractivity contribution is -0.137. The van der Waals surface area contributed by atoms with Gasteiger partial charge in [-0.25, -0.2) is 0 Å². The molecule has 0 radical (unpaired) electrons. The summed E-state index contributed by atoms with van der Waals surface area (Å²) < 4.78 is 17.1. The highest BCUT2D eigenvalue weighted by Gasteiger charge is 2.50. The summed E-state index contributed by atoms with van der Waals surface area (Å²) in [5.41, 5.74) is 1.95. The van der Waals surface area contributed by atoms with E-state index in [0.29, 0.717) is 35.7 Å². The molecule has 1 aliphatic heterocycles. The lowest BCUT2D eigenvalue weighted by atomic mass is 9.77. The van der Waals surface area contributed by atoms with E-state index in [1.165, 1.54) is 6.92 Å². The van der Waals surface area contributed by atoms with Gasteiger partial charge >= 0.3 is 0 Å². The molecule has 0 spiro atoms. The van der Waals surface area contributed by atoms with E-state index >= 15 is 0 Å². The molecule has 2 amide bonds. The van der Waals surface area contributed by atoms with E-state index in [0.717, 1.165) is 11.1 Å². The minimum absolute atomic E-state index is 0.00846. The van der Waals surface area contributed by atoms with Gasteiger partial charge in [0, 0.05) is 37.1 Å². The van der Waals surface area contributed by atoms with E-state index in [-0.39, 0.29) is 44.2 Å². The molecule has 220 valence electrons. The lowest BCUT2D eigenvalue weighted by Crippen LogP contribution is -2.56. The number of hydrogen-bond donors (Lipinski definition) is 3. The summed E-state index contributed by atoms with van der Waals surface area (Å²) in [6.45, 7) is 1.52. The summed E-state index contributed by atoms with van der Waals surface area (Å²) >= 11 is 0. The normalized spacial score (nSPS) is 20.7. The average Bonchev–Trinajstić information content (AvgIpc) is 3.37. The number of aliphatic hydroxyl groups excluding tert-OH is 2. The number of para-hydroxylation sites is 1. The number of carbonyl (C=O) groups excluding carboxylic acids is 3. The van der Waals surface area contributed by atoms with Gasteiger partial charge in [-0.3, -0.25) is 9.59 Å². The van der Waals surface area contributed by atoms with E-state index in [1.54, 1.807) is 43.4 Å². The standard InChI is InChI=1S/C31H38N2O8/c1-19(35)7-6-10-27(36)33(15-13-20-17-21(39-2)11-12-25(20)40-3)24-18-23(31(38)32-14-16-34)28-22-8-4-5-9-26(22)41-30(28)29(24)37/h4-5,8-9,11-12,17-18,24,28-30,34,37H,6-7,10,13-16H2,1-3H3,(H,32,38). The number of benzene rings is 2. The van der Waals surface area contributed by atoms with Crippen LogP contribution in [0.5, 0.6) is 17.2 Å². The topological polar surface area (TPSA) is 135 Å². The number of ketones is 1. The summed E-state index contributed by atoms with van der Waals surface area (Å²) in [6, 6.07) is 11.9. The smallest absolute Gasteiger partial charge is 0.247 e. The van der Waals surface area contributed by atoms with Crippen LogP contribution in [0.15, 0.2) is 54.1 Å². The third kappa shape index (κ3) is 6.71. The van der Waals surface area contributed by atoms with E-state index in [2.05, 4.69) is 5.32 Å². The first kappa shape index (κ1) is 30.1. The third-order valence-corrected chi connectivity index (χ3v) is 7.59. The number of methoxy groups -OCH3 is 2. The zero-order chi connectivity index (χ0) is 29.5. The molecule has 2 aromatic carbocycles. The molecule has 0 aromatic heterocycles. The first-order chi connectivity index (χ1) is 19.8. The van der Waals surface area contributed by atoms with E-state index in [9.17, 15) is 24.6 Å². The maximum absolute atomic E-state index is 13.7. The van der Waals surface area contributed by atoms with Crippen molar-refractivity contribution in [1.82, 2.24) is 10.2 Å². The summed E-state index contributed by atoms with van der Waals surface area (Å²) in [5, 5.41) is 23.7. The lowest BCUT2D eigenvalue weighted by Gasteiger charge is -2.41. The van der Waals surface area contributed by atoms with Crippen molar-refractivity contribution in [3.8, 4) is 17.2 Å². The third-order valence-electron chi connectivity index (χ3n) is 7.59. The number of nitrogens with one attached hydrogen (secondary N) is 1. The molecule has 0 bridgehead atoms. The number of fused-ring (bicyclic) bond motifs is 3. The molecule has 2 aliphatic rings. The van der Waals surface area contributed by atoms with Gasteiger partial charge in [-0.15, -0.1) is 0 Å². The number of hydrogen-bond acceptors (Lipinski definition) is 8. The van der Waals surface area contributed by atoms with Gasteiger partial charge in [0.1, 0.15) is 35.2 Å². The van der Waals surface area contributed by atoms with Crippen LogP contribution in [0.3, 0.4) is 0 Å². The predicted molar refractivity (Wildman–Crippen MR) is 151 cm³/mol. The fourth-order valence-corrected chi connectivity index (χ4v) is 5.58. The Morgan fingerprint density at radius 1 is 1.07 bits per heavy atom. The number of amides is 2. The zero-order valence-corrected chi connectivity index (χ0v) is 23.7. The molecule has 2 aromatic rings. The maximum atomic E-state index is 13.7. The SMILES string of the molecule is COc1ccc(OC)c(CCN(C(=O)CCCC(C)=O)C2C=C(C(=O)NCCO)C3c4ccccc4OC3C2O)c1. The van der Waals surface area contributed by atoms with Gasteiger partial charge in [0.2, 0.25) is 11.8 Å². The van der Waals surface area contributed by atoms with Crippen molar-refractivity contribution in [3.63, 3.8) is 0 Å². The van der Waals surface area contributed by atoms with Crippen LogP contribution in [0.25, 0.3) is 0 Å². The van der Waals surface area contributed by atoms with Gasteiger partial charge in [0.15, 0.2) is 0 Å². The molecular formula is C31H38N2O8. The highest BCUT2D eigenvalue weighted by Crippen LogP contribution is 2.47. The molecule has 1 aliphatic carbocycles. The summed E-state index contributed by atoms with van der Waals surface area (Å²) in [5.74, 6) is 0.648. The van der Waals surface area contributed by atoms with Gasteiger partial charge < -0.3 is 39.4 Å². The number of ether oxygens (including phenoxy) is 3. The zero-order valence-electron chi connectivity index (χ0n) is 23.7. The Morgan fingerprint density at radius 3 is 2.56 bits per heavy atom. The first-order valence-electron chi connectivity index (χ1n) is 13.8. The molecule has 4 atom stereocenters. The van der Waals surface area contributed by atoms with Crippen molar-refractivity contribution in [2.45, 2.75) is 56.8 Å². The number of nitrogens with zero attached hydrogens (tertiary/aromatic N) is 1. The van der Waals surface area contributed by atoms with Crippen molar-refractivity contribution in [2.75, 3.05) is 33.9 Å². The Hall–Kier alpha value is -3.89. The van der Waals surface area contributed by atoms with Gasteiger partial charge in [-0.1, -0.05) is 18.2 Å². The monoisotopic (exact) mass is 566 g/mol. The second kappa shape index (κ2) is 13.6. The fourth-order valence-electron chi connectivity index (χ4n) is 5.58. The van der Waals surface area contributed by atoms with Crippen molar-refractivity contribution < 1.29 is 38.8 Å². The summed E-state index contributed by atoms with van der Waals surface area (Å²) in [7, 11) is 3.13. The van der Waals surface area contributed by atoms with Crippen LogP contribution < -0.4 is 19.5 Å². The summed E-state index contributed by atoms with van der Waals surface area (Å²) in [6.07, 6.45) is 0.851. The number of carbonyl (C=O) groups is 3. The van der Waals surface area contributed by atoms with Crippen LogP contribution in [0, 0.1) is 0 Å². The predicted octanol–water partition coefficient (Wildman–Crippen LogP) is 2.16. The van der Waals surface area contributed by atoms with Gasteiger partial charge in [0.05, 0.1) is 32.8 Å². The van der Waals surface area contributed by atoms with E-state index in [4.69, 9.17) is 14.2 Å². The van der Waals surface area contributed by atoms with Crippen LogP contribution in [0.2, 0.25) is 0 Å². The van der Waals surface area contributed by atoms with Gasteiger partial charge in [-0.2, -0.15) is 0 Å². The molecule has 4 rings (SSSR count). The second-order valence-electron chi connectivity index (χ2n) is 10.3. The van der Waals surface area contributed by atoms with Gasteiger partial charge in [0.25, 0.3) is 0 Å². The van der Waals surface area contributed by atoms with Crippen LogP contribution in [-0.2, 0) is 20.8 Å². The van der Waals surface area contributed by atoms with Crippen molar-refractivity contribution in [1.29, 1.82) is 0 Å². The molecular weight excluding hydrogens is 528 g/mol. The van der Waals surface area contributed by atoms with Crippen LogP contribution >= 0.6 is 0 Å². The highest BCUT2D eigenvalue weighted by atomic mass is 16.5. The van der Waals surface area contributed by atoms with Crippen LogP contribution in [0.1, 0.15) is 43.2 Å². The van der Waals surface area contributed by atoms with Crippen molar-refractivity contribution in [3.05, 3.63) is 65.2 Å². The minimum Gasteiger partial charge on any atom is -0.497 e. The average molecular weight is 567 g/mol. The largest absolute Gasteiger partial charge is 0.497 e. The molecule has 3 N–H and O–H groups in total. The Labute approximate surface area is 239 Å². The Morgan fingerprint density at radius 2 is 1.85 bits per heavy atom. The molecule has 1 heterocycles. The summed E-state index contributed by atoms with van der Waals surface area (Å²) in [4.78, 5) is 40.1. The first-order valence-corrected chi connectivity index (χ1v) is 13.8. The Bertz CT molecular complexity index is 1290. The van der Waals surface area contributed by atoms with E-state index < -0.39 is 30.1 Å². The second-order valence-corrected chi connectivity index (χ2v) is 10.3. The maximum Gasteiger partial charge on any atom is 0.247 e. The highest BCUT2D eigenvalue weighted by molar-refractivity contribution is 5.96. The van der Waals surface area contributed by atoms with Gasteiger partial charge in [-0.05, 0) is 55.7 Å². The van der Waals surface area contributed by atoms with Crippen molar-refractivity contribution >= 4 is 17.6 Å². The molecule has 0 saturated carbocycles. The molecule has 0 saturated heterocycles. The number of aliphatic hydroxyl groups is 2. The molecule has 4 unspecified atom stereocenters. The number of Topliss-reactive ketones (excluding diaryl/α,β-unsaturated/α-hetero) is 1. The van der Waals surface area contributed by atoms with Crippen molar-refractivity contribution in [2.24, 2.45) is 0 Å². The number of rotatable bonds is 13. The minimum atomic E-state index is -1.13. The van der Waals surface area contributed by atoms with Crippen LogP contribution in [0.4, 0.5) is 0 Å². The Kier molecular flexibility index (Phi) is 10.0. The molecule has 0 fully saturated rings. The van der Waals surface area contributed by atoms with E-state index in [1.807, 2.05) is 24.3 Å². The Balaban J connectivity index is 1.70. The molecule has 10 heteroatoms. The quantitative estimate of drug-likeness (QED) is 0.336. The molecule has 41 heavy (non-hydrogen) atoms. The fraction of sp³-hybridized carbons (Fsp3) is 0.452. The molecule has 10 nitrogen and oxygen atoms in total. The van der Waals surface area contributed by atoms with Crippen LogP contribution in [-0.4, -0.2) is 84.9 Å².